The molecule has 1 N–H and O–H groups in total. The monoisotopic (exact) mass is 592 g/mol. The van der Waals surface area contributed by atoms with E-state index in [9.17, 15) is 26.3 Å². The Balaban J connectivity index is 0.000000459. The summed E-state index contributed by atoms with van der Waals surface area (Å²) in [7, 11) is -5.84. The van der Waals surface area contributed by atoms with Crippen molar-refractivity contribution in [3.63, 3.8) is 0 Å². The standard InChI is InChI=1S/C24H18ClF3N2O.CHF3O3S/c1-2-30-14-13-22(21-12-5-17(25)15-23(21)30)29-18-6-10-20(11-7-18)31-19-8-3-16(4-9-19)24(26,27)28;2-1(3,4)8(5,6)7/h3-15H,2H2,1H3;(H,5,6,7). The van der Waals surface area contributed by atoms with Crippen LogP contribution in [0, 0.1) is 0 Å². The number of halogens is 7. The third-order valence-electron chi connectivity index (χ3n) is 5.09. The second kappa shape index (κ2) is 11.7. The van der Waals surface area contributed by atoms with Gasteiger partial charge in [0.15, 0.2) is 0 Å². The molecule has 3 aromatic carbocycles. The van der Waals surface area contributed by atoms with E-state index in [2.05, 4.69) is 11.5 Å². The first kappa shape index (κ1) is 30.0. The maximum atomic E-state index is 12.7. The van der Waals surface area contributed by atoms with Crippen LogP contribution in [-0.2, 0) is 22.8 Å². The van der Waals surface area contributed by atoms with Gasteiger partial charge >= 0.3 is 21.8 Å². The Kier molecular flexibility index (Phi) is 8.98. The summed E-state index contributed by atoms with van der Waals surface area (Å²) in [5.41, 5.74) is -4.52. The smallest absolute Gasteiger partial charge is 0.457 e. The molecule has 0 radical (unpaired) electrons. The molecular formula is C25H19ClF6N2O4S. The first-order valence-electron chi connectivity index (χ1n) is 10.9. The Morgan fingerprint density at radius 3 is 1.92 bits per heavy atom. The van der Waals surface area contributed by atoms with Gasteiger partial charge in [-0.05, 0) is 79.7 Å². The van der Waals surface area contributed by atoms with Gasteiger partial charge in [0, 0.05) is 23.2 Å². The Bertz CT molecular complexity index is 1620. The molecule has 0 bridgehead atoms. The SMILES string of the molecule is CCn1ccc(=Nc2ccc(Oc3ccc(C(F)(F)F)cc3)cc2)c2ccc(Cl)cc21.O=S(=O)(O)C(F)(F)F. The van der Waals surface area contributed by atoms with Crippen molar-refractivity contribution in [3.05, 3.63) is 94.9 Å². The highest BCUT2D eigenvalue weighted by atomic mass is 35.5. The lowest BCUT2D eigenvalue weighted by Crippen LogP contribution is -2.21. The van der Waals surface area contributed by atoms with Gasteiger partial charge in [-0.2, -0.15) is 34.8 Å². The topological polar surface area (TPSA) is 80.9 Å². The fraction of sp³-hybridized carbons (Fsp3) is 0.160. The number of fused-ring (bicyclic) bond motifs is 1. The van der Waals surface area contributed by atoms with E-state index in [1.165, 1.54) is 12.1 Å². The Morgan fingerprint density at radius 2 is 1.44 bits per heavy atom. The molecule has 0 aliphatic heterocycles. The average molecular weight is 593 g/mol. The van der Waals surface area contributed by atoms with Crippen molar-refractivity contribution in [2.24, 2.45) is 4.99 Å². The molecule has 0 amide bonds. The van der Waals surface area contributed by atoms with Crippen LogP contribution in [0.4, 0.5) is 32.0 Å². The number of aryl methyl sites for hydroxylation is 1. The molecule has 1 aromatic heterocycles. The Labute approximate surface area is 223 Å². The summed E-state index contributed by atoms with van der Waals surface area (Å²) in [4.78, 5) is 4.72. The predicted molar refractivity (Wildman–Crippen MR) is 133 cm³/mol. The molecule has 4 aromatic rings. The summed E-state index contributed by atoms with van der Waals surface area (Å²) in [6, 6.07) is 19.3. The van der Waals surface area contributed by atoms with Crippen molar-refractivity contribution in [1.82, 2.24) is 4.57 Å². The van der Waals surface area contributed by atoms with Gasteiger partial charge in [0.2, 0.25) is 0 Å². The van der Waals surface area contributed by atoms with Crippen molar-refractivity contribution in [1.29, 1.82) is 0 Å². The van der Waals surface area contributed by atoms with E-state index >= 15 is 0 Å². The molecule has 39 heavy (non-hydrogen) atoms. The molecule has 0 unspecified atom stereocenters. The van der Waals surface area contributed by atoms with Crippen LogP contribution in [0.1, 0.15) is 12.5 Å². The number of ether oxygens (including phenoxy) is 1. The Hall–Kier alpha value is -3.55. The van der Waals surface area contributed by atoms with E-state index in [1.807, 2.05) is 30.5 Å². The van der Waals surface area contributed by atoms with Crippen LogP contribution in [0.2, 0.25) is 5.02 Å². The minimum absolute atomic E-state index is 0.327. The molecule has 0 atom stereocenters. The summed E-state index contributed by atoms with van der Waals surface area (Å²) >= 11 is 6.16. The zero-order chi connectivity index (χ0) is 29.0. The van der Waals surface area contributed by atoms with Crippen LogP contribution in [-0.4, -0.2) is 23.0 Å². The summed E-state index contributed by atoms with van der Waals surface area (Å²) in [6.07, 6.45) is -2.40. The van der Waals surface area contributed by atoms with Gasteiger partial charge in [-0.3, -0.25) is 4.55 Å². The minimum Gasteiger partial charge on any atom is -0.457 e. The van der Waals surface area contributed by atoms with E-state index in [0.29, 0.717) is 16.5 Å². The lowest BCUT2D eigenvalue weighted by molar-refractivity contribution is -0.137. The fourth-order valence-corrected chi connectivity index (χ4v) is 3.41. The van der Waals surface area contributed by atoms with Gasteiger partial charge < -0.3 is 9.30 Å². The van der Waals surface area contributed by atoms with E-state index < -0.39 is 27.4 Å². The van der Waals surface area contributed by atoms with Crippen molar-refractivity contribution >= 4 is 38.3 Å². The van der Waals surface area contributed by atoms with Gasteiger partial charge in [-0.1, -0.05) is 11.6 Å². The van der Waals surface area contributed by atoms with Crippen molar-refractivity contribution in [2.75, 3.05) is 0 Å². The molecule has 6 nitrogen and oxygen atoms in total. The van der Waals surface area contributed by atoms with Crippen LogP contribution in [0.15, 0.2) is 84.0 Å². The third-order valence-corrected chi connectivity index (χ3v) is 5.91. The van der Waals surface area contributed by atoms with Crippen LogP contribution < -0.4 is 10.1 Å². The van der Waals surface area contributed by atoms with Gasteiger partial charge in [0.05, 0.1) is 22.1 Å². The van der Waals surface area contributed by atoms with Gasteiger partial charge in [0.25, 0.3) is 0 Å². The second-order valence-electron chi connectivity index (χ2n) is 7.80. The lowest BCUT2D eigenvalue weighted by atomic mass is 10.2. The quantitative estimate of drug-likeness (QED) is 0.149. The summed E-state index contributed by atoms with van der Waals surface area (Å²) in [5.74, 6) is 0.833. The Morgan fingerprint density at radius 1 is 0.897 bits per heavy atom. The number of benzene rings is 3. The molecule has 0 saturated heterocycles. The third kappa shape index (κ3) is 7.97. The van der Waals surface area contributed by atoms with E-state index in [1.54, 1.807) is 24.3 Å². The number of alkyl halides is 6. The molecule has 4 rings (SSSR count). The lowest BCUT2D eigenvalue weighted by Gasteiger charge is -2.10. The molecule has 14 heteroatoms. The zero-order valence-corrected chi connectivity index (χ0v) is 21.4. The van der Waals surface area contributed by atoms with E-state index in [-0.39, 0.29) is 0 Å². The van der Waals surface area contributed by atoms with Gasteiger partial charge in [-0.15, -0.1) is 0 Å². The first-order chi connectivity index (χ1) is 18.1. The number of nitrogens with zero attached hydrogens (tertiary/aromatic N) is 2. The number of rotatable bonds is 4. The molecule has 1 heterocycles. The van der Waals surface area contributed by atoms with Gasteiger partial charge in [-0.25, -0.2) is 4.99 Å². The maximum Gasteiger partial charge on any atom is 0.522 e. The first-order valence-corrected chi connectivity index (χ1v) is 12.7. The largest absolute Gasteiger partial charge is 0.522 e. The molecule has 0 aliphatic rings. The van der Waals surface area contributed by atoms with E-state index in [4.69, 9.17) is 34.3 Å². The van der Waals surface area contributed by atoms with Gasteiger partial charge in [0.1, 0.15) is 11.5 Å². The molecule has 208 valence electrons. The normalized spacial score (nSPS) is 12.7. The van der Waals surface area contributed by atoms with Crippen LogP contribution in [0.3, 0.4) is 0 Å². The number of pyridine rings is 1. The van der Waals surface area contributed by atoms with E-state index in [0.717, 1.165) is 40.6 Å². The van der Waals surface area contributed by atoms with Crippen LogP contribution >= 0.6 is 11.6 Å². The summed E-state index contributed by atoms with van der Waals surface area (Å²) in [6.45, 7) is 2.87. The fourth-order valence-electron chi connectivity index (χ4n) is 3.24. The highest BCUT2D eigenvalue weighted by molar-refractivity contribution is 7.86. The molecule has 0 fully saturated rings. The molecule has 0 spiro atoms. The number of hydrogen-bond donors (Lipinski definition) is 1. The number of hydrogen-bond acceptors (Lipinski definition) is 4. The maximum absolute atomic E-state index is 12.7. The molecule has 0 aliphatic carbocycles. The molecular weight excluding hydrogens is 574 g/mol. The number of aromatic nitrogens is 1. The predicted octanol–water partition coefficient (Wildman–Crippen LogP) is 7.75. The average Bonchev–Trinajstić information content (AvgIpc) is 2.84. The molecule has 0 saturated carbocycles. The zero-order valence-electron chi connectivity index (χ0n) is 19.8. The highest BCUT2D eigenvalue weighted by Crippen LogP contribution is 2.31. The highest BCUT2D eigenvalue weighted by Gasteiger charge is 2.44. The van der Waals surface area contributed by atoms with Crippen molar-refractivity contribution in [2.45, 2.75) is 25.2 Å². The van der Waals surface area contributed by atoms with Crippen LogP contribution in [0.5, 0.6) is 11.5 Å². The second-order valence-corrected chi connectivity index (χ2v) is 9.65. The van der Waals surface area contributed by atoms with Crippen molar-refractivity contribution < 1.29 is 44.0 Å². The summed E-state index contributed by atoms with van der Waals surface area (Å²) < 4.78 is 103. The summed E-state index contributed by atoms with van der Waals surface area (Å²) in [5, 5.41) is 2.46. The minimum atomic E-state index is -5.84. The van der Waals surface area contributed by atoms with Crippen LogP contribution in [0.25, 0.3) is 10.9 Å². The van der Waals surface area contributed by atoms with Crippen molar-refractivity contribution in [3.8, 4) is 11.5 Å².